The van der Waals surface area contributed by atoms with Crippen LogP contribution in [0.4, 0.5) is 0 Å². The second-order valence-corrected chi connectivity index (χ2v) is 8.00. The number of imidazole rings is 1. The van der Waals surface area contributed by atoms with Gasteiger partial charge < -0.3 is 14.6 Å². The van der Waals surface area contributed by atoms with Gasteiger partial charge in [0.2, 0.25) is 0 Å². The second kappa shape index (κ2) is 7.05. The highest BCUT2D eigenvalue weighted by atomic mass is 16.5. The number of benzene rings is 1. The summed E-state index contributed by atoms with van der Waals surface area (Å²) in [6.45, 7) is 6.26. The summed E-state index contributed by atoms with van der Waals surface area (Å²) in [5, 5.41) is 3.51. The zero-order valence-corrected chi connectivity index (χ0v) is 16.2. The highest BCUT2D eigenvalue weighted by Gasteiger charge is 2.56. The SMILES string of the molecule is COc1cc(CN(Cc2nccn2C)C2CC23CCNCC3)ccc1C. The first-order chi connectivity index (χ1) is 12.6. The predicted octanol–water partition coefficient (Wildman–Crippen LogP) is 2.88. The minimum Gasteiger partial charge on any atom is -0.496 e. The molecular formula is C21H30N4O. The summed E-state index contributed by atoms with van der Waals surface area (Å²) >= 11 is 0. The van der Waals surface area contributed by atoms with Crippen molar-refractivity contribution in [1.82, 2.24) is 19.8 Å². The summed E-state index contributed by atoms with van der Waals surface area (Å²) in [5.41, 5.74) is 3.02. The van der Waals surface area contributed by atoms with Gasteiger partial charge in [0.05, 0.1) is 13.7 Å². The summed E-state index contributed by atoms with van der Waals surface area (Å²) in [6.07, 6.45) is 7.85. The van der Waals surface area contributed by atoms with E-state index in [9.17, 15) is 0 Å². The average Bonchev–Trinajstić information content (AvgIpc) is 3.18. The van der Waals surface area contributed by atoms with Gasteiger partial charge in [0.25, 0.3) is 0 Å². The Morgan fingerprint density at radius 2 is 2.12 bits per heavy atom. The van der Waals surface area contributed by atoms with E-state index in [2.05, 4.69) is 51.9 Å². The minimum absolute atomic E-state index is 0.519. The largest absolute Gasteiger partial charge is 0.496 e. The van der Waals surface area contributed by atoms with Crippen molar-refractivity contribution >= 4 is 0 Å². The topological polar surface area (TPSA) is 42.3 Å². The molecule has 1 spiro atoms. The molecule has 2 fully saturated rings. The fourth-order valence-electron chi connectivity index (χ4n) is 4.51. The third kappa shape index (κ3) is 3.38. The van der Waals surface area contributed by atoms with E-state index in [0.717, 1.165) is 37.8 Å². The molecule has 0 radical (unpaired) electrons. The van der Waals surface area contributed by atoms with Crippen molar-refractivity contribution in [1.29, 1.82) is 0 Å². The van der Waals surface area contributed by atoms with Crippen molar-refractivity contribution in [3.8, 4) is 5.75 Å². The fourth-order valence-corrected chi connectivity index (χ4v) is 4.51. The van der Waals surface area contributed by atoms with Gasteiger partial charge in [0, 0.05) is 32.0 Å². The van der Waals surface area contributed by atoms with Gasteiger partial charge in [-0.25, -0.2) is 4.98 Å². The number of methoxy groups -OCH3 is 1. The molecule has 5 nitrogen and oxygen atoms in total. The molecule has 1 N–H and O–H groups in total. The van der Waals surface area contributed by atoms with Crippen LogP contribution in [0.5, 0.6) is 5.75 Å². The summed E-state index contributed by atoms with van der Waals surface area (Å²) in [6, 6.07) is 7.26. The van der Waals surface area contributed by atoms with Crippen LogP contribution < -0.4 is 10.1 Å². The molecule has 140 valence electrons. The number of nitrogens with zero attached hydrogens (tertiary/aromatic N) is 3. The summed E-state index contributed by atoms with van der Waals surface area (Å²) in [7, 11) is 3.84. The van der Waals surface area contributed by atoms with E-state index >= 15 is 0 Å². The third-order valence-corrected chi connectivity index (χ3v) is 6.31. The maximum atomic E-state index is 5.53. The van der Waals surface area contributed by atoms with E-state index in [-0.39, 0.29) is 0 Å². The number of hydrogen-bond acceptors (Lipinski definition) is 4. The van der Waals surface area contributed by atoms with Crippen molar-refractivity contribution in [3.63, 3.8) is 0 Å². The van der Waals surface area contributed by atoms with Crippen molar-refractivity contribution in [2.75, 3.05) is 20.2 Å². The molecule has 2 aromatic rings. The van der Waals surface area contributed by atoms with Crippen LogP contribution in [0.1, 0.15) is 36.2 Å². The Labute approximate surface area is 156 Å². The molecule has 1 aromatic carbocycles. The number of piperidine rings is 1. The summed E-state index contributed by atoms with van der Waals surface area (Å²) < 4.78 is 7.67. The molecule has 1 saturated heterocycles. The van der Waals surface area contributed by atoms with Crippen molar-refractivity contribution in [2.45, 2.75) is 45.3 Å². The lowest BCUT2D eigenvalue weighted by Gasteiger charge is -2.29. The van der Waals surface area contributed by atoms with E-state index < -0.39 is 0 Å². The molecule has 4 rings (SSSR count). The standard InChI is InChI=1S/C21H30N4O/c1-16-4-5-17(12-18(16)26-3)14-25(15-20-23-10-11-24(20)2)19-13-21(19)6-8-22-9-7-21/h4-5,10-12,19,22H,6-9,13-15H2,1-3H3. The maximum absolute atomic E-state index is 5.53. The van der Waals surface area contributed by atoms with E-state index in [4.69, 9.17) is 4.74 Å². The number of rotatable bonds is 6. The van der Waals surface area contributed by atoms with Crippen LogP contribution in [-0.2, 0) is 20.1 Å². The third-order valence-electron chi connectivity index (χ3n) is 6.31. The van der Waals surface area contributed by atoms with Crippen molar-refractivity contribution in [2.24, 2.45) is 12.5 Å². The van der Waals surface area contributed by atoms with Crippen LogP contribution in [0.3, 0.4) is 0 Å². The number of ether oxygens (including phenoxy) is 1. The van der Waals surface area contributed by atoms with Crippen LogP contribution in [0, 0.1) is 12.3 Å². The van der Waals surface area contributed by atoms with Gasteiger partial charge in [-0.05, 0) is 61.9 Å². The molecule has 1 aromatic heterocycles. The number of aromatic nitrogens is 2. The molecule has 0 amide bonds. The monoisotopic (exact) mass is 354 g/mol. The van der Waals surface area contributed by atoms with Gasteiger partial charge >= 0.3 is 0 Å². The molecule has 0 bridgehead atoms. The molecule has 1 unspecified atom stereocenters. The Bertz CT molecular complexity index is 763. The molecule has 2 aliphatic rings. The van der Waals surface area contributed by atoms with E-state index in [1.54, 1.807) is 7.11 Å². The Balaban J connectivity index is 1.56. The molecular weight excluding hydrogens is 324 g/mol. The summed E-state index contributed by atoms with van der Waals surface area (Å²) in [4.78, 5) is 7.21. The number of hydrogen-bond donors (Lipinski definition) is 1. The van der Waals surface area contributed by atoms with Gasteiger partial charge in [-0.2, -0.15) is 0 Å². The van der Waals surface area contributed by atoms with Gasteiger partial charge in [-0.3, -0.25) is 4.90 Å². The first-order valence-corrected chi connectivity index (χ1v) is 9.66. The van der Waals surface area contributed by atoms with Crippen LogP contribution in [0.25, 0.3) is 0 Å². The maximum Gasteiger partial charge on any atom is 0.122 e. The molecule has 2 heterocycles. The zero-order chi connectivity index (χ0) is 18.1. The Hall–Kier alpha value is -1.85. The summed E-state index contributed by atoms with van der Waals surface area (Å²) in [5.74, 6) is 2.12. The first-order valence-electron chi connectivity index (χ1n) is 9.66. The van der Waals surface area contributed by atoms with Gasteiger partial charge in [0.15, 0.2) is 0 Å². The molecule has 5 heteroatoms. The predicted molar refractivity (Wildman–Crippen MR) is 103 cm³/mol. The second-order valence-electron chi connectivity index (χ2n) is 8.00. The van der Waals surface area contributed by atoms with E-state index in [1.165, 1.54) is 30.4 Å². The van der Waals surface area contributed by atoms with Gasteiger partial charge in [-0.15, -0.1) is 0 Å². The zero-order valence-electron chi connectivity index (χ0n) is 16.2. The first kappa shape index (κ1) is 17.6. The fraction of sp³-hybridized carbons (Fsp3) is 0.571. The van der Waals surface area contributed by atoms with Crippen LogP contribution in [-0.4, -0.2) is 40.7 Å². The van der Waals surface area contributed by atoms with Crippen LogP contribution in [0.15, 0.2) is 30.6 Å². The lowest BCUT2D eigenvalue weighted by atomic mass is 9.93. The normalized spacial score (nSPS) is 21.3. The Kier molecular flexibility index (Phi) is 4.76. The average molecular weight is 354 g/mol. The molecule has 1 atom stereocenters. The molecule has 26 heavy (non-hydrogen) atoms. The Morgan fingerprint density at radius 1 is 1.31 bits per heavy atom. The molecule has 1 aliphatic heterocycles. The van der Waals surface area contributed by atoms with E-state index in [0.29, 0.717) is 11.5 Å². The lowest BCUT2D eigenvalue weighted by Crippen LogP contribution is -2.36. The van der Waals surface area contributed by atoms with Gasteiger partial charge in [0.1, 0.15) is 11.6 Å². The highest BCUT2D eigenvalue weighted by molar-refractivity contribution is 5.36. The van der Waals surface area contributed by atoms with E-state index in [1.807, 2.05) is 12.4 Å². The van der Waals surface area contributed by atoms with Crippen LogP contribution in [0.2, 0.25) is 0 Å². The van der Waals surface area contributed by atoms with Crippen LogP contribution >= 0.6 is 0 Å². The molecule has 1 aliphatic carbocycles. The minimum atomic E-state index is 0.519. The lowest BCUT2D eigenvalue weighted by molar-refractivity contribution is 0.182. The van der Waals surface area contributed by atoms with Crippen molar-refractivity contribution in [3.05, 3.63) is 47.5 Å². The van der Waals surface area contributed by atoms with Crippen molar-refractivity contribution < 1.29 is 4.74 Å². The number of aryl methyl sites for hydroxylation is 2. The Morgan fingerprint density at radius 3 is 2.81 bits per heavy atom. The van der Waals surface area contributed by atoms with Gasteiger partial charge in [-0.1, -0.05) is 12.1 Å². The molecule has 1 saturated carbocycles. The highest BCUT2D eigenvalue weighted by Crippen LogP contribution is 2.56. The quantitative estimate of drug-likeness (QED) is 0.866. The number of nitrogens with one attached hydrogen (secondary N) is 1. The smallest absolute Gasteiger partial charge is 0.122 e.